The molecule has 9 heteroatoms. The predicted octanol–water partition coefficient (Wildman–Crippen LogP) is 2.71. The molecule has 9 nitrogen and oxygen atoms in total. The Kier molecular flexibility index (Phi) is 5.16. The lowest BCUT2D eigenvalue weighted by Gasteiger charge is -2.27. The smallest absolute Gasteiger partial charge is 0.248 e. The summed E-state index contributed by atoms with van der Waals surface area (Å²) < 4.78 is 7.47. The molecule has 5 rings (SSSR count). The van der Waals surface area contributed by atoms with E-state index in [1.807, 2.05) is 29.8 Å². The molecule has 0 spiro atoms. The first-order valence-electron chi connectivity index (χ1n) is 10.4. The van der Waals surface area contributed by atoms with E-state index in [-0.39, 0.29) is 0 Å². The number of benzene rings is 2. The van der Waals surface area contributed by atoms with Gasteiger partial charge in [-0.1, -0.05) is 6.07 Å². The van der Waals surface area contributed by atoms with Crippen molar-refractivity contribution in [3.8, 4) is 11.3 Å². The zero-order valence-electron chi connectivity index (χ0n) is 17.7. The normalized spacial score (nSPS) is 14.0. The molecule has 0 unspecified atom stereocenters. The zero-order chi connectivity index (χ0) is 22.1. The lowest BCUT2D eigenvalue weighted by Crippen LogP contribution is -2.37. The first-order chi connectivity index (χ1) is 15.6. The number of anilines is 3. The molecule has 1 saturated heterocycles. The summed E-state index contributed by atoms with van der Waals surface area (Å²) in [6.45, 7) is 2.76. The summed E-state index contributed by atoms with van der Waals surface area (Å²) >= 11 is 0. The molecule has 3 N–H and O–H groups in total. The largest absolute Gasteiger partial charge is 0.378 e. The van der Waals surface area contributed by atoms with Crippen LogP contribution in [0.4, 0.5) is 17.5 Å². The summed E-state index contributed by atoms with van der Waals surface area (Å²) in [4.78, 5) is 27.5. The van der Waals surface area contributed by atoms with E-state index in [1.165, 1.54) is 0 Å². The molecule has 2 aromatic carbocycles. The molecule has 0 radical (unpaired) electrons. The van der Waals surface area contributed by atoms with Gasteiger partial charge in [-0.25, -0.2) is 9.97 Å². The molecule has 0 saturated carbocycles. The van der Waals surface area contributed by atoms with Crippen LogP contribution in [0.15, 0.2) is 54.9 Å². The van der Waals surface area contributed by atoms with Crippen LogP contribution in [-0.2, 0) is 11.8 Å². The number of hydrogen-bond donors (Lipinski definition) is 2. The van der Waals surface area contributed by atoms with Gasteiger partial charge in [0.05, 0.1) is 36.3 Å². The highest BCUT2D eigenvalue weighted by Gasteiger charge is 2.17. The summed E-state index contributed by atoms with van der Waals surface area (Å²) in [5.41, 5.74) is 10.4. The molecule has 32 heavy (non-hydrogen) atoms. The SMILES string of the molecule is Cn1cnc2ccc(-c3cc(Nc4ccc(C(N)=O)cc4)nc(N4CCOCC4)n3)cc21. The van der Waals surface area contributed by atoms with Crippen molar-refractivity contribution in [2.75, 3.05) is 36.5 Å². The van der Waals surface area contributed by atoms with Crippen molar-refractivity contribution >= 4 is 34.4 Å². The second kappa shape index (κ2) is 8.27. The number of nitrogens with one attached hydrogen (secondary N) is 1. The van der Waals surface area contributed by atoms with E-state index in [1.54, 1.807) is 30.6 Å². The van der Waals surface area contributed by atoms with Gasteiger partial charge in [0.2, 0.25) is 11.9 Å². The van der Waals surface area contributed by atoms with Crippen LogP contribution in [0.1, 0.15) is 10.4 Å². The van der Waals surface area contributed by atoms with Crippen LogP contribution >= 0.6 is 0 Å². The number of nitrogens with zero attached hydrogens (tertiary/aromatic N) is 5. The van der Waals surface area contributed by atoms with Gasteiger partial charge < -0.3 is 25.3 Å². The third kappa shape index (κ3) is 3.97. The Morgan fingerprint density at radius 3 is 2.59 bits per heavy atom. The molecule has 1 fully saturated rings. The topological polar surface area (TPSA) is 111 Å². The molecule has 0 atom stereocenters. The van der Waals surface area contributed by atoms with E-state index in [0.29, 0.717) is 30.5 Å². The van der Waals surface area contributed by atoms with Crippen LogP contribution in [0.25, 0.3) is 22.3 Å². The van der Waals surface area contributed by atoms with Crippen LogP contribution in [-0.4, -0.2) is 51.7 Å². The fraction of sp³-hybridized carbons (Fsp3) is 0.217. The second-order valence-corrected chi connectivity index (χ2v) is 7.66. The van der Waals surface area contributed by atoms with Crippen LogP contribution in [0, 0.1) is 0 Å². The van der Waals surface area contributed by atoms with Crippen molar-refractivity contribution in [2.24, 2.45) is 12.8 Å². The van der Waals surface area contributed by atoms with E-state index in [2.05, 4.69) is 21.3 Å². The highest BCUT2D eigenvalue weighted by atomic mass is 16.5. The maximum Gasteiger partial charge on any atom is 0.248 e. The molecular weight excluding hydrogens is 406 g/mol. The van der Waals surface area contributed by atoms with Crippen molar-refractivity contribution in [3.63, 3.8) is 0 Å². The van der Waals surface area contributed by atoms with Gasteiger partial charge in [0.1, 0.15) is 5.82 Å². The number of aryl methyl sites for hydroxylation is 1. The lowest BCUT2D eigenvalue weighted by atomic mass is 10.1. The van der Waals surface area contributed by atoms with Crippen molar-refractivity contribution in [3.05, 3.63) is 60.4 Å². The van der Waals surface area contributed by atoms with E-state index >= 15 is 0 Å². The molecule has 2 aromatic heterocycles. The quantitative estimate of drug-likeness (QED) is 0.502. The summed E-state index contributed by atoms with van der Waals surface area (Å²) in [6.07, 6.45) is 1.80. The van der Waals surface area contributed by atoms with Crippen LogP contribution in [0.5, 0.6) is 0 Å². The maximum absolute atomic E-state index is 11.3. The number of carbonyl (C=O) groups is 1. The number of hydrogen-bond acceptors (Lipinski definition) is 7. The van der Waals surface area contributed by atoms with Crippen LogP contribution in [0.3, 0.4) is 0 Å². The minimum absolute atomic E-state index is 0.456. The molecule has 1 amide bonds. The fourth-order valence-electron chi connectivity index (χ4n) is 3.70. The number of nitrogens with two attached hydrogens (primary N) is 1. The molecule has 162 valence electrons. The monoisotopic (exact) mass is 429 g/mol. The number of carbonyl (C=O) groups excluding carboxylic acids is 1. The average Bonchev–Trinajstić information content (AvgIpc) is 3.20. The van der Waals surface area contributed by atoms with Crippen molar-refractivity contribution in [1.29, 1.82) is 0 Å². The van der Waals surface area contributed by atoms with Gasteiger partial charge in [0.15, 0.2) is 0 Å². The van der Waals surface area contributed by atoms with E-state index in [0.717, 1.165) is 41.1 Å². The first kappa shape index (κ1) is 20.0. The predicted molar refractivity (Wildman–Crippen MR) is 123 cm³/mol. The van der Waals surface area contributed by atoms with Crippen molar-refractivity contribution in [2.45, 2.75) is 0 Å². The second-order valence-electron chi connectivity index (χ2n) is 7.66. The number of fused-ring (bicyclic) bond motifs is 1. The standard InChI is InChI=1S/C23H23N7O2/c1-29-14-25-18-7-4-16(12-20(18)29)19-13-21(26-17-5-2-15(3-6-17)22(24)31)28-23(27-19)30-8-10-32-11-9-30/h2-7,12-14H,8-11H2,1H3,(H2,24,31)(H,26,27,28). The minimum Gasteiger partial charge on any atom is -0.378 e. The van der Waals surface area contributed by atoms with Gasteiger partial charge in [-0.05, 0) is 36.4 Å². The number of morpholine rings is 1. The highest BCUT2D eigenvalue weighted by molar-refractivity contribution is 5.93. The maximum atomic E-state index is 11.3. The third-order valence-electron chi connectivity index (χ3n) is 5.47. The van der Waals surface area contributed by atoms with Gasteiger partial charge in [-0.2, -0.15) is 4.98 Å². The molecule has 0 aliphatic carbocycles. The minimum atomic E-state index is -0.457. The van der Waals surface area contributed by atoms with Gasteiger partial charge in [-0.15, -0.1) is 0 Å². The Hall–Kier alpha value is -3.98. The van der Waals surface area contributed by atoms with E-state index < -0.39 is 5.91 Å². The molecule has 1 aliphatic rings. The molecule has 4 aromatic rings. The average molecular weight is 429 g/mol. The highest BCUT2D eigenvalue weighted by Crippen LogP contribution is 2.27. The molecular formula is C23H23N7O2. The van der Waals surface area contributed by atoms with Gasteiger partial charge in [0, 0.05) is 43.0 Å². The Labute approximate surface area is 184 Å². The lowest BCUT2D eigenvalue weighted by molar-refractivity contribution is 0.100. The van der Waals surface area contributed by atoms with E-state index in [9.17, 15) is 4.79 Å². The third-order valence-corrected chi connectivity index (χ3v) is 5.47. The van der Waals surface area contributed by atoms with Crippen molar-refractivity contribution < 1.29 is 9.53 Å². The summed E-state index contributed by atoms with van der Waals surface area (Å²) in [6, 6.07) is 15.0. The Morgan fingerprint density at radius 2 is 1.84 bits per heavy atom. The Bertz CT molecular complexity index is 1280. The summed E-state index contributed by atoms with van der Waals surface area (Å²) in [7, 11) is 1.97. The van der Waals surface area contributed by atoms with E-state index in [4.69, 9.17) is 20.4 Å². The van der Waals surface area contributed by atoms with Crippen LogP contribution < -0.4 is 16.0 Å². The number of ether oxygens (including phenoxy) is 1. The van der Waals surface area contributed by atoms with Crippen molar-refractivity contribution in [1.82, 2.24) is 19.5 Å². The zero-order valence-corrected chi connectivity index (χ0v) is 17.7. The Morgan fingerprint density at radius 1 is 1.06 bits per heavy atom. The van der Waals surface area contributed by atoms with Crippen LogP contribution in [0.2, 0.25) is 0 Å². The van der Waals surface area contributed by atoms with Gasteiger partial charge in [-0.3, -0.25) is 4.79 Å². The number of imidazole rings is 1. The molecule has 0 bridgehead atoms. The number of amides is 1. The van der Waals surface area contributed by atoms with Gasteiger partial charge in [0.25, 0.3) is 0 Å². The number of rotatable bonds is 5. The Balaban J connectivity index is 1.54. The molecule has 1 aliphatic heterocycles. The number of aromatic nitrogens is 4. The molecule has 3 heterocycles. The fourth-order valence-corrected chi connectivity index (χ4v) is 3.70. The summed E-state index contributed by atoms with van der Waals surface area (Å²) in [5, 5.41) is 3.32. The number of primary amides is 1. The first-order valence-corrected chi connectivity index (χ1v) is 10.4. The van der Waals surface area contributed by atoms with Gasteiger partial charge >= 0.3 is 0 Å². The summed E-state index contributed by atoms with van der Waals surface area (Å²) in [5.74, 6) is 0.849.